The lowest BCUT2D eigenvalue weighted by Crippen LogP contribution is -2.29. The second kappa shape index (κ2) is 11.0. The molecular formula is C29H26N6O. The maximum Gasteiger partial charge on any atom is 0.253 e. The number of nitrogens with zero attached hydrogens (tertiary/aromatic N) is 2. The molecule has 0 spiro atoms. The zero-order chi connectivity index (χ0) is 24.6. The normalized spacial score (nSPS) is 11.0. The SMILES string of the molecule is O=C(NCCNc1ccccc1)c1ccccc1Nc1ccc2c(/C=C/c3ccccn3)n[nH]c2c1. The molecule has 0 unspecified atom stereocenters. The third-order valence-corrected chi connectivity index (χ3v) is 5.66. The van der Waals surface area contributed by atoms with E-state index >= 15 is 0 Å². The number of hydrogen-bond donors (Lipinski definition) is 4. The quantitative estimate of drug-likeness (QED) is 0.205. The van der Waals surface area contributed by atoms with Crippen LogP contribution in [0.2, 0.25) is 0 Å². The standard InChI is InChI=1S/C29H26N6O/c36-29(32-19-18-31-21-8-2-1-3-9-21)25-11-4-5-12-26(25)33-23-13-15-24-27(34-35-28(24)20-23)16-14-22-10-6-7-17-30-22/h1-17,20,31,33H,18-19H2,(H,32,36)(H,34,35)/b16-14+. The maximum atomic E-state index is 12.9. The number of aromatic amines is 1. The molecule has 5 aromatic rings. The second-order valence-corrected chi connectivity index (χ2v) is 8.18. The Bertz CT molecular complexity index is 1480. The van der Waals surface area contributed by atoms with Crippen LogP contribution in [-0.2, 0) is 0 Å². The highest BCUT2D eigenvalue weighted by atomic mass is 16.1. The van der Waals surface area contributed by atoms with Crippen LogP contribution in [0.3, 0.4) is 0 Å². The molecule has 7 heteroatoms. The minimum atomic E-state index is -0.127. The molecule has 3 aromatic carbocycles. The molecule has 0 aliphatic heterocycles. The summed E-state index contributed by atoms with van der Waals surface area (Å²) in [6.45, 7) is 1.15. The van der Waals surface area contributed by atoms with Crippen molar-refractivity contribution in [2.45, 2.75) is 0 Å². The number of fused-ring (bicyclic) bond motifs is 1. The number of pyridine rings is 1. The lowest BCUT2D eigenvalue weighted by molar-refractivity contribution is 0.0956. The number of para-hydroxylation sites is 2. The van der Waals surface area contributed by atoms with Gasteiger partial charge in [0.2, 0.25) is 0 Å². The van der Waals surface area contributed by atoms with Crippen molar-refractivity contribution in [2.24, 2.45) is 0 Å². The van der Waals surface area contributed by atoms with E-state index in [9.17, 15) is 4.79 Å². The molecule has 0 saturated carbocycles. The first kappa shape index (κ1) is 22.9. The summed E-state index contributed by atoms with van der Waals surface area (Å²) in [6, 6.07) is 29.2. The zero-order valence-corrected chi connectivity index (χ0v) is 19.6. The second-order valence-electron chi connectivity index (χ2n) is 8.18. The van der Waals surface area contributed by atoms with E-state index in [2.05, 4.69) is 31.1 Å². The number of anilines is 3. The molecule has 0 atom stereocenters. The summed E-state index contributed by atoms with van der Waals surface area (Å²) in [6.07, 6.45) is 5.65. The van der Waals surface area contributed by atoms with Gasteiger partial charge in [0.15, 0.2) is 0 Å². The Hall–Kier alpha value is -4.91. The molecule has 7 nitrogen and oxygen atoms in total. The van der Waals surface area contributed by atoms with Gasteiger partial charge in [-0.1, -0.05) is 36.4 Å². The summed E-state index contributed by atoms with van der Waals surface area (Å²) in [7, 11) is 0. The fraction of sp³-hybridized carbons (Fsp3) is 0.0690. The molecule has 2 heterocycles. The van der Waals surface area contributed by atoms with Gasteiger partial charge in [0.1, 0.15) is 0 Å². The van der Waals surface area contributed by atoms with Gasteiger partial charge in [-0.2, -0.15) is 5.10 Å². The van der Waals surface area contributed by atoms with Crippen molar-refractivity contribution in [1.82, 2.24) is 20.5 Å². The molecule has 0 aliphatic carbocycles. The van der Waals surface area contributed by atoms with Crippen molar-refractivity contribution in [3.8, 4) is 0 Å². The molecule has 0 fully saturated rings. The molecule has 5 rings (SSSR count). The van der Waals surface area contributed by atoms with Gasteiger partial charge in [-0.25, -0.2) is 0 Å². The Kier molecular flexibility index (Phi) is 6.99. The Morgan fingerprint density at radius 2 is 1.67 bits per heavy atom. The van der Waals surface area contributed by atoms with Gasteiger partial charge in [0.25, 0.3) is 5.91 Å². The number of H-pyrrole nitrogens is 1. The molecule has 178 valence electrons. The molecule has 1 amide bonds. The summed E-state index contributed by atoms with van der Waals surface area (Å²) in [5.41, 5.74) is 5.82. The topological polar surface area (TPSA) is 94.7 Å². The van der Waals surface area contributed by atoms with Crippen LogP contribution in [0.15, 0.2) is 97.2 Å². The summed E-state index contributed by atoms with van der Waals surface area (Å²) < 4.78 is 0. The maximum absolute atomic E-state index is 12.9. The van der Waals surface area contributed by atoms with Crippen LogP contribution in [0.25, 0.3) is 23.1 Å². The van der Waals surface area contributed by atoms with Crippen molar-refractivity contribution in [3.05, 3.63) is 114 Å². The van der Waals surface area contributed by atoms with Crippen molar-refractivity contribution >= 4 is 46.0 Å². The molecule has 0 saturated heterocycles. The van der Waals surface area contributed by atoms with E-state index in [0.29, 0.717) is 18.7 Å². The fourth-order valence-electron chi connectivity index (χ4n) is 3.86. The Balaban J connectivity index is 1.24. The van der Waals surface area contributed by atoms with E-state index in [1.54, 1.807) is 6.20 Å². The van der Waals surface area contributed by atoms with Crippen molar-refractivity contribution in [1.29, 1.82) is 0 Å². The van der Waals surface area contributed by atoms with E-state index in [0.717, 1.165) is 39.4 Å². The molecule has 2 aromatic heterocycles. The first-order chi connectivity index (χ1) is 17.8. The van der Waals surface area contributed by atoms with Gasteiger partial charge in [-0.05, 0) is 66.7 Å². The van der Waals surface area contributed by atoms with Crippen molar-refractivity contribution < 1.29 is 4.79 Å². The predicted octanol–water partition coefficient (Wildman–Crippen LogP) is 5.71. The fourth-order valence-corrected chi connectivity index (χ4v) is 3.86. The average Bonchev–Trinajstić information content (AvgIpc) is 3.33. The van der Waals surface area contributed by atoms with Crippen LogP contribution < -0.4 is 16.0 Å². The summed E-state index contributed by atoms with van der Waals surface area (Å²) in [5.74, 6) is -0.127. The minimum Gasteiger partial charge on any atom is -0.383 e. The average molecular weight is 475 g/mol. The van der Waals surface area contributed by atoms with Gasteiger partial charge in [0.05, 0.1) is 28.2 Å². The molecule has 0 bridgehead atoms. The predicted molar refractivity (Wildman–Crippen MR) is 146 cm³/mol. The number of nitrogens with one attached hydrogen (secondary N) is 4. The van der Waals surface area contributed by atoms with Crippen molar-refractivity contribution in [3.63, 3.8) is 0 Å². The Morgan fingerprint density at radius 3 is 2.53 bits per heavy atom. The number of carbonyl (C=O) groups excluding carboxylic acids is 1. The van der Waals surface area contributed by atoms with Gasteiger partial charge < -0.3 is 16.0 Å². The number of benzene rings is 3. The molecule has 0 aliphatic rings. The summed E-state index contributed by atoms with van der Waals surface area (Å²) >= 11 is 0. The van der Waals surface area contributed by atoms with E-state index < -0.39 is 0 Å². The molecule has 0 radical (unpaired) electrons. The van der Waals surface area contributed by atoms with E-state index in [1.165, 1.54) is 0 Å². The van der Waals surface area contributed by atoms with E-state index in [4.69, 9.17) is 0 Å². The first-order valence-electron chi connectivity index (χ1n) is 11.8. The molecular weight excluding hydrogens is 448 g/mol. The number of carbonyl (C=O) groups is 1. The number of rotatable bonds is 9. The van der Waals surface area contributed by atoms with Crippen LogP contribution in [0.5, 0.6) is 0 Å². The Morgan fingerprint density at radius 1 is 0.833 bits per heavy atom. The van der Waals surface area contributed by atoms with Crippen LogP contribution in [0.4, 0.5) is 17.1 Å². The first-order valence-corrected chi connectivity index (χ1v) is 11.8. The van der Waals surface area contributed by atoms with Crippen molar-refractivity contribution in [2.75, 3.05) is 23.7 Å². The van der Waals surface area contributed by atoms with E-state index in [1.807, 2.05) is 103 Å². The van der Waals surface area contributed by atoms with Gasteiger partial charge in [-0.15, -0.1) is 0 Å². The smallest absolute Gasteiger partial charge is 0.253 e. The minimum absolute atomic E-state index is 0.127. The lowest BCUT2D eigenvalue weighted by Gasteiger charge is -2.13. The largest absolute Gasteiger partial charge is 0.383 e. The van der Waals surface area contributed by atoms with Gasteiger partial charge >= 0.3 is 0 Å². The third-order valence-electron chi connectivity index (χ3n) is 5.66. The highest BCUT2D eigenvalue weighted by Gasteiger charge is 2.11. The highest BCUT2D eigenvalue weighted by Crippen LogP contribution is 2.26. The summed E-state index contributed by atoms with van der Waals surface area (Å²) in [5, 5.41) is 18.2. The third kappa shape index (κ3) is 5.59. The van der Waals surface area contributed by atoms with Gasteiger partial charge in [0, 0.05) is 36.0 Å². The Labute approximate surface area is 209 Å². The van der Waals surface area contributed by atoms with Crippen LogP contribution in [-0.4, -0.2) is 34.2 Å². The lowest BCUT2D eigenvalue weighted by atomic mass is 10.1. The molecule has 36 heavy (non-hydrogen) atoms. The highest BCUT2D eigenvalue weighted by molar-refractivity contribution is 6.00. The summed E-state index contributed by atoms with van der Waals surface area (Å²) in [4.78, 5) is 17.2. The van der Waals surface area contributed by atoms with E-state index in [-0.39, 0.29) is 5.91 Å². The number of aromatic nitrogens is 3. The van der Waals surface area contributed by atoms with Gasteiger partial charge in [-0.3, -0.25) is 14.9 Å². The monoisotopic (exact) mass is 474 g/mol. The van der Waals surface area contributed by atoms with Crippen LogP contribution in [0, 0.1) is 0 Å². The number of hydrogen-bond acceptors (Lipinski definition) is 5. The zero-order valence-electron chi connectivity index (χ0n) is 19.6. The van der Waals surface area contributed by atoms with Crippen LogP contribution in [0.1, 0.15) is 21.7 Å². The number of amides is 1. The van der Waals surface area contributed by atoms with Crippen LogP contribution >= 0.6 is 0 Å². The molecule has 4 N–H and O–H groups in total.